The molecule has 0 N–H and O–H groups in total. The first-order chi connectivity index (χ1) is 11.3. The third-order valence-electron chi connectivity index (χ3n) is 4.03. The molecule has 0 radical (unpaired) electrons. The van der Waals surface area contributed by atoms with Crippen LogP contribution in [0.5, 0.6) is 0 Å². The van der Waals surface area contributed by atoms with Crippen LogP contribution in [0.1, 0.15) is 25.2 Å². The van der Waals surface area contributed by atoms with E-state index in [4.69, 9.17) is 21.1 Å². The van der Waals surface area contributed by atoms with Gasteiger partial charge in [-0.2, -0.15) is 0 Å². The molecule has 1 fully saturated rings. The van der Waals surface area contributed by atoms with Crippen molar-refractivity contribution in [2.45, 2.75) is 19.6 Å². The summed E-state index contributed by atoms with van der Waals surface area (Å²) in [7, 11) is 0. The van der Waals surface area contributed by atoms with E-state index in [1.807, 2.05) is 31.2 Å². The van der Waals surface area contributed by atoms with Crippen LogP contribution in [0.4, 0.5) is 0 Å². The number of allylic oxidation sites excluding steroid dienone is 2. The van der Waals surface area contributed by atoms with Gasteiger partial charge in [0.1, 0.15) is 0 Å². The third kappa shape index (κ3) is 4.23. The lowest BCUT2D eigenvalue weighted by molar-refractivity contribution is -0.204. The van der Waals surface area contributed by atoms with E-state index in [1.54, 1.807) is 0 Å². The van der Waals surface area contributed by atoms with Gasteiger partial charge in [-0.25, -0.2) is 0 Å². The molecule has 1 aliphatic heterocycles. The SMILES string of the molecule is C/C=C/CC1COC(c2ccc(-c3ccc(Cl)cc3)cc2)OC1. The van der Waals surface area contributed by atoms with E-state index < -0.39 is 0 Å². The average molecular weight is 329 g/mol. The smallest absolute Gasteiger partial charge is 0.183 e. The van der Waals surface area contributed by atoms with E-state index in [2.05, 4.69) is 36.4 Å². The zero-order valence-electron chi connectivity index (χ0n) is 13.2. The molecule has 2 aromatic rings. The van der Waals surface area contributed by atoms with Crippen LogP contribution in [0.15, 0.2) is 60.7 Å². The lowest BCUT2D eigenvalue weighted by atomic mass is 10.0. The fourth-order valence-electron chi connectivity index (χ4n) is 2.68. The minimum Gasteiger partial charge on any atom is -0.348 e. The van der Waals surface area contributed by atoms with E-state index >= 15 is 0 Å². The van der Waals surface area contributed by atoms with Crippen molar-refractivity contribution in [3.05, 3.63) is 71.3 Å². The lowest BCUT2D eigenvalue weighted by Crippen LogP contribution is -2.26. The standard InChI is InChI=1S/C20H21ClO2/c1-2-3-4-15-13-22-20(23-14-15)18-7-5-16(6-8-18)17-9-11-19(21)12-10-17/h2-3,5-12,15,20H,4,13-14H2,1H3/b3-2+. The number of halogens is 1. The zero-order chi connectivity index (χ0) is 16.1. The molecular weight excluding hydrogens is 308 g/mol. The summed E-state index contributed by atoms with van der Waals surface area (Å²) in [6.45, 7) is 3.53. The van der Waals surface area contributed by atoms with Crippen molar-refractivity contribution in [3.8, 4) is 11.1 Å². The summed E-state index contributed by atoms with van der Waals surface area (Å²) in [4.78, 5) is 0. The van der Waals surface area contributed by atoms with Gasteiger partial charge in [-0.15, -0.1) is 0 Å². The molecular formula is C20H21ClO2. The van der Waals surface area contributed by atoms with Crippen molar-refractivity contribution in [1.29, 1.82) is 0 Å². The van der Waals surface area contributed by atoms with Crippen LogP contribution in [0, 0.1) is 5.92 Å². The normalized spacial score (nSPS) is 21.7. The van der Waals surface area contributed by atoms with Crippen LogP contribution in [0.2, 0.25) is 5.02 Å². The molecule has 0 unspecified atom stereocenters. The van der Waals surface area contributed by atoms with E-state index in [0.29, 0.717) is 5.92 Å². The molecule has 2 aromatic carbocycles. The Balaban J connectivity index is 1.63. The van der Waals surface area contributed by atoms with Gasteiger partial charge in [0.15, 0.2) is 6.29 Å². The number of benzene rings is 2. The van der Waals surface area contributed by atoms with Gasteiger partial charge >= 0.3 is 0 Å². The Morgan fingerprint density at radius 1 is 0.957 bits per heavy atom. The Hall–Kier alpha value is -1.61. The Kier molecular flexibility index (Phi) is 5.50. The summed E-state index contributed by atoms with van der Waals surface area (Å²) in [6.07, 6.45) is 5.00. The van der Waals surface area contributed by atoms with Gasteiger partial charge in [0.2, 0.25) is 0 Å². The van der Waals surface area contributed by atoms with Crippen molar-refractivity contribution in [1.82, 2.24) is 0 Å². The molecule has 0 aromatic heterocycles. The topological polar surface area (TPSA) is 18.5 Å². The van der Waals surface area contributed by atoms with Gasteiger partial charge in [0, 0.05) is 16.5 Å². The fraction of sp³-hybridized carbons (Fsp3) is 0.300. The predicted octanol–water partition coefficient (Wildman–Crippen LogP) is 5.63. The third-order valence-corrected chi connectivity index (χ3v) is 4.28. The van der Waals surface area contributed by atoms with Crippen molar-refractivity contribution >= 4 is 11.6 Å². The van der Waals surface area contributed by atoms with Crippen molar-refractivity contribution in [3.63, 3.8) is 0 Å². The van der Waals surface area contributed by atoms with Crippen molar-refractivity contribution in [2.75, 3.05) is 13.2 Å². The maximum Gasteiger partial charge on any atom is 0.183 e. The monoisotopic (exact) mass is 328 g/mol. The first-order valence-electron chi connectivity index (χ1n) is 7.96. The van der Waals surface area contributed by atoms with Crippen LogP contribution >= 0.6 is 11.6 Å². The fourth-order valence-corrected chi connectivity index (χ4v) is 2.80. The molecule has 0 amide bonds. The number of hydrogen-bond acceptors (Lipinski definition) is 2. The second kappa shape index (κ2) is 7.78. The predicted molar refractivity (Wildman–Crippen MR) is 94.5 cm³/mol. The van der Waals surface area contributed by atoms with Crippen LogP contribution < -0.4 is 0 Å². The van der Waals surface area contributed by atoms with Crippen LogP contribution in [0.25, 0.3) is 11.1 Å². The summed E-state index contributed by atoms with van der Waals surface area (Å²) in [5, 5.41) is 0.752. The summed E-state index contributed by atoms with van der Waals surface area (Å²) in [5.41, 5.74) is 3.37. The molecule has 1 saturated heterocycles. The Bertz CT molecular complexity index is 638. The highest BCUT2D eigenvalue weighted by atomic mass is 35.5. The molecule has 1 aliphatic rings. The van der Waals surface area contributed by atoms with Gasteiger partial charge in [0.25, 0.3) is 0 Å². The maximum atomic E-state index is 5.93. The molecule has 0 atom stereocenters. The summed E-state index contributed by atoms with van der Waals surface area (Å²) in [5.74, 6) is 0.454. The first-order valence-corrected chi connectivity index (χ1v) is 8.34. The molecule has 0 spiro atoms. The van der Waals surface area contributed by atoms with E-state index in [0.717, 1.165) is 41.3 Å². The molecule has 3 rings (SSSR count). The van der Waals surface area contributed by atoms with Crippen LogP contribution in [-0.2, 0) is 9.47 Å². The highest BCUT2D eigenvalue weighted by Gasteiger charge is 2.22. The van der Waals surface area contributed by atoms with E-state index in [1.165, 1.54) is 0 Å². The molecule has 3 heteroatoms. The lowest BCUT2D eigenvalue weighted by Gasteiger charge is -2.29. The Morgan fingerprint density at radius 2 is 1.52 bits per heavy atom. The van der Waals surface area contributed by atoms with Crippen molar-refractivity contribution < 1.29 is 9.47 Å². The van der Waals surface area contributed by atoms with Gasteiger partial charge in [-0.1, -0.05) is 60.2 Å². The number of ether oxygens (including phenoxy) is 2. The molecule has 2 nitrogen and oxygen atoms in total. The Morgan fingerprint density at radius 3 is 2.09 bits per heavy atom. The summed E-state index contributed by atoms with van der Waals surface area (Å²) < 4.78 is 11.7. The number of rotatable bonds is 4. The van der Waals surface area contributed by atoms with E-state index in [9.17, 15) is 0 Å². The minimum absolute atomic E-state index is 0.254. The largest absolute Gasteiger partial charge is 0.348 e. The van der Waals surface area contributed by atoms with Gasteiger partial charge in [0.05, 0.1) is 13.2 Å². The van der Waals surface area contributed by atoms with Crippen LogP contribution in [0.3, 0.4) is 0 Å². The quantitative estimate of drug-likeness (QED) is 0.677. The second-order valence-corrected chi connectivity index (χ2v) is 6.23. The number of hydrogen-bond donors (Lipinski definition) is 0. The second-order valence-electron chi connectivity index (χ2n) is 5.80. The summed E-state index contributed by atoms with van der Waals surface area (Å²) in [6, 6.07) is 16.2. The zero-order valence-corrected chi connectivity index (χ0v) is 14.0. The average Bonchev–Trinajstić information content (AvgIpc) is 2.61. The summed E-state index contributed by atoms with van der Waals surface area (Å²) >= 11 is 5.93. The molecule has 0 aliphatic carbocycles. The minimum atomic E-state index is -0.254. The van der Waals surface area contributed by atoms with E-state index in [-0.39, 0.29) is 6.29 Å². The van der Waals surface area contributed by atoms with Gasteiger partial charge in [-0.05, 0) is 36.6 Å². The molecule has 0 saturated carbocycles. The van der Waals surface area contributed by atoms with Gasteiger partial charge in [-0.3, -0.25) is 0 Å². The highest BCUT2D eigenvalue weighted by molar-refractivity contribution is 6.30. The maximum absolute atomic E-state index is 5.93. The first kappa shape index (κ1) is 16.3. The molecule has 1 heterocycles. The Labute approximate surface area is 142 Å². The highest BCUT2D eigenvalue weighted by Crippen LogP contribution is 2.29. The molecule has 0 bridgehead atoms. The van der Waals surface area contributed by atoms with Gasteiger partial charge < -0.3 is 9.47 Å². The van der Waals surface area contributed by atoms with Crippen molar-refractivity contribution in [2.24, 2.45) is 5.92 Å². The molecule has 23 heavy (non-hydrogen) atoms. The molecule has 120 valence electrons. The van der Waals surface area contributed by atoms with Crippen LogP contribution in [-0.4, -0.2) is 13.2 Å².